The van der Waals surface area contributed by atoms with Gasteiger partial charge in [-0.2, -0.15) is 0 Å². The van der Waals surface area contributed by atoms with Crippen molar-refractivity contribution in [2.75, 3.05) is 26.1 Å². The van der Waals surface area contributed by atoms with Crippen LogP contribution in [0.25, 0.3) is 0 Å². The van der Waals surface area contributed by atoms with Crippen LogP contribution in [0.2, 0.25) is 5.02 Å². The second-order valence-electron chi connectivity index (χ2n) is 4.95. The van der Waals surface area contributed by atoms with Crippen molar-refractivity contribution in [2.24, 2.45) is 0 Å². The fourth-order valence-electron chi connectivity index (χ4n) is 2.11. The Morgan fingerprint density at radius 2 is 1.88 bits per heavy atom. The van der Waals surface area contributed by atoms with Crippen molar-refractivity contribution in [3.8, 4) is 11.5 Å². The molecule has 0 atom stereocenters. The van der Waals surface area contributed by atoms with Gasteiger partial charge in [-0.3, -0.25) is 0 Å². The van der Waals surface area contributed by atoms with Crippen LogP contribution >= 0.6 is 23.8 Å². The van der Waals surface area contributed by atoms with Gasteiger partial charge in [-0.1, -0.05) is 17.7 Å². The molecule has 0 saturated carbocycles. The van der Waals surface area contributed by atoms with E-state index in [4.69, 9.17) is 33.3 Å². The van der Waals surface area contributed by atoms with E-state index in [9.17, 15) is 4.39 Å². The Kier molecular flexibility index (Phi) is 6.63. The van der Waals surface area contributed by atoms with Gasteiger partial charge < -0.3 is 20.1 Å². The summed E-state index contributed by atoms with van der Waals surface area (Å²) < 4.78 is 23.6. The zero-order valence-electron chi connectivity index (χ0n) is 13.4. The molecule has 4 nitrogen and oxygen atoms in total. The first-order valence-corrected chi connectivity index (χ1v) is 8.03. The number of thiocarbonyl (C=S) groups is 1. The summed E-state index contributed by atoms with van der Waals surface area (Å²) in [4.78, 5) is 0. The van der Waals surface area contributed by atoms with Crippen LogP contribution in [0.1, 0.15) is 5.56 Å². The Bertz CT molecular complexity index is 728. The number of ether oxygens (including phenoxy) is 2. The Hall–Kier alpha value is -2.05. The zero-order valence-corrected chi connectivity index (χ0v) is 14.9. The summed E-state index contributed by atoms with van der Waals surface area (Å²) in [5.74, 6) is 0.922. The van der Waals surface area contributed by atoms with Crippen molar-refractivity contribution < 1.29 is 13.9 Å². The van der Waals surface area contributed by atoms with E-state index in [1.807, 2.05) is 18.2 Å². The molecule has 0 aliphatic heterocycles. The van der Waals surface area contributed by atoms with Crippen molar-refractivity contribution in [1.82, 2.24) is 5.32 Å². The summed E-state index contributed by atoms with van der Waals surface area (Å²) in [5, 5.41) is 6.54. The molecular weight excluding hydrogens is 351 g/mol. The molecule has 0 heterocycles. The molecule has 0 radical (unpaired) electrons. The van der Waals surface area contributed by atoms with Gasteiger partial charge >= 0.3 is 0 Å². The highest BCUT2D eigenvalue weighted by atomic mass is 35.5. The second kappa shape index (κ2) is 8.70. The highest BCUT2D eigenvalue weighted by Gasteiger charge is 2.05. The van der Waals surface area contributed by atoms with Crippen molar-refractivity contribution in [3.05, 3.63) is 52.8 Å². The molecule has 0 fully saturated rings. The number of hydrogen-bond acceptors (Lipinski definition) is 3. The fraction of sp³-hybridized carbons (Fsp3) is 0.235. The number of rotatable bonds is 6. The maximum Gasteiger partial charge on any atom is 0.170 e. The standard InChI is InChI=1S/C17H18ClFN2O2S/c1-22-15-6-3-11(9-16(15)23-2)7-8-20-17(24)21-12-4-5-14(19)13(18)10-12/h3-6,9-10H,7-8H2,1-2H3,(H2,20,21,24). The van der Waals surface area contributed by atoms with Crippen LogP contribution in [0.4, 0.5) is 10.1 Å². The maximum atomic E-state index is 13.1. The number of hydrogen-bond donors (Lipinski definition) is 2. The molecule has 0 saturated heterocycles. The zero-order chi connectivity index (χ0) is 17.5. The summed E-state index contributed by atoms with van der Waals surface area (Å²) in [6, 6.07) is 10.1. The molecule has 7 heteroatoms. The number of anilines is 1. The molecule has 2 rings (SSSR count). The first-order valence-electron chi connectivity index (χ1n) is 7.24. The van der Waals surface area contributed by atoms with E-state index >= 15 is 0 Å². The van der Waals surface area contributed by atoms with Crippen LogP contribution in [0.3, 0.4) is 0 Å². The Labute approximate surface area is 150 Å². The topological polar surface area (TPSA) is 42.5 Å². The van der Waals surface area contributed by atoms with Crippen molar-refractivity contribution >= 4 is 34.6 Å². The van der Waals surface area contributed by atoms with Gasteiger partial charge in [0.2, 0.25) is 0 Å². The van der Waals surface area contributed by atoms with Gasteiger partial charge in [0, 0.05) is 12.2 Å². The molecule has 2 N–H and O–H groups in total. The van der Waals surface area contributed by atoms with Crippen LogP contribution in [-0.2, 0) is 6.42 Å². The maximum absolute atomic E-state index is 13.1. The Morgan fingerprint density at radius 1 is 1.12 bits per heavy atom. The first kappa shape index (κ1) is 18.3. The van der Waals surface area contributed by atoms with E-state index in [0.29, 0.717) is 28.8 Å². The predicted octanol–water partition coefficient (Wildman–Crippen LogP) is 4.03. The van der Waals surface area contributed by atoms with Crippen LogP contribution in [0.5, 0.6) is 11.5 Å². The number of halogens is 2. The van der Waals surface area contributed by atoms with E-state index in [2.05, 4.69) is 10.6 Å². The summed E-state index contributed by atoms with van der Waals surface area (Å²) in [6.07, 6.45) is 0.756. The molecule has 24 heavy (non-hydrogen) atoms. The molecule has 0 spiro atoms. The second-order valence-corrected chi connectivity index (χ2v) is 5.76. The van der Waals surface area contributed by atoms with Crippen molar-refractivity contribution in [3.63, 3.8) is 0 Å². The molecule has 0 aromatic heterocycles. The van der Waals surface area contributed by atoms with E-state index in [-0.39, 0.29) is 5.02 Å². The Morgan fingerprint density at radius 3 is 2.54 bits per heavy atom. The molecule has 0 unspecified atom stereocenters. The number of benzene rings is 2. The molecule has 0 aliphatic carbocycles. The molecular formula is C17H18ClFN2O2S. The fourth-order valence-corrected chi connectivity index (χ4v) is 2.51. The van der Waals surface area contributed by atoms with Gasteiger partial charge in [-0.05, 0) is 54.5 Å². The van der Waals surface area contributed by atoms with Gasteiger partial charge in [-0.25, -0.2) is 4.39 Å². The number of nitrogens with one attached hydrogen (secondary N) is 2. The minimum atomic E-state index is -0.463. The molecule has 128 valence electrons. The van der Waals surface area contributed by atoms with Crippen LogP contribution in [0.15, 0.2) is 36.4 Å². The lowest BCUT2D eigenvalue weighted by Gasteiger charge is -2.12. The number of methoxy groups -OCH3 is 2. The summed E-state index contributed by atoms with van der Waals surface area (Å²) in [5.41, 5.74) is 1.72. The third-order valence-corrected chi connectivity index (χ3v) is 3.86. The highest BCUT2D eigenvalue weighted by molar-refractivity contribution is 7.80. The van der Waals surface area contributed by atoms with Crippen LogP contribution in [-0.4, -0.2) is 25.9 Å². The molecule has 0 amide bonds. The molecule has 2 aromatic rings. The highest BCUT2D eigenvalue weighted by Crippen LogP contribution is 2.27. The van der Waals surface area contributed by atoms with Crippen molar-refractivity contribution in [1.29, 1.82) is 0 Å². The molecule has 0 bridgehead atoms. The first-order chi connectivity index (χ1) is 11.5. The lowest BCUT2D eigenvalue weighted by atomic mass is 10.1. The summed E-state index contributed by atoms with van der Waals surface area (Å²) >= 11 is 10.9. The van der Waals surface area contributed by atoms with Gasteiger partial charge in [0.15, 0.2) is 16.6 Å². The average Bonchev–Trinajstić information content (AvgIpc) is 2.58. The SMILES string of the molecule is COc1ccc(CCNC(=S)Nc2ccc(F)c(Cl)c2)cc1OC. The lowest BCUT2D eigenvalue weighted by Crippen LogP contribution is -2.30. The van der Waals surface area contributed by atoms with Gasteiger partial charge in [0.1, 0.15) is 5.82 Å². The Balaban J connectivity index is 1.85. The van der Waals surface area contributed by atoms with Gasteiger partial charge in [-0.15, -0.1) is 0 Å². The largest absolute Gasteiger partial charge is 0.493 e. The van der Waals surface area contributed by atoms with Crippen LogP contribution in [0, 0.1) is 5.82 Å². The van der Waals surface area contributed by atoms with E-state index < -0.39 is 5.82 Å². The minimum Gasteiger partial charge on any atom is -0.493 e. The van der Waals surface area contributed by atoms with Gasteiger partial charge in [0.25, 0.3) is 0 Å². The normalized spacial score (nSPS) is 10.2. The van der Waals surface area contributed by atoms with Gasteiger partial charge in [0.05, 0.1) is 19.2 Å². The van der Waals surface area contributed by atoms with E-state index in [1.165, 1.54) is 12.1 Å². The molecule has 0 aliphatic rings. The van der Waals surface area contributed by atoms with E-state index in [0.717, 1.165) is 12.0 Å². The van der Waals surface area contributed by atoms with E-state index in [1.54, 1.807) is 20.3 Å². The minimum absolute atomic E-state index is 0.0492. The van der Waals surface area contributed by atoms with Crippen LogP contribution < -0.4 is 20.1 Å². The average molecular weight is 369 g/mol. The van der Waals surface area contributed by atoms with Crippen molar-refractivity contribution in [2.45, 2.75) is 6.42 Å². The summed E-state index contributed by atoms with van der Waals surface area (Å²) in [7, 11) is 3.21. The predicted molar refractivity (Wildman–Crippen MR) is 98.9 cm³/mol. The quantitative estimate of drug-likeness (QED) is 0.754. The lowest BCUT2D eigenvalue weighted by molar-refractivity contribution is 0.354. The monoisotopic (exact) mass is 368 g/mol. The molecule has 2 aromatic carbocycles. The third kappa shape index (κ3) is 4.97. The summed E-state index contributed by atoms with van der Waals surface area (Å²) in [6.45, 7) is 0.635. The third-order valence-electron chi connectivity index (χ3n) is 3.32. The smallest absolute Gasteiger partial charge is 0.170 e.